The second-order valence-electron chi connectivity index (χ2n) is 25.3. The molecule has 8 heterocycles. The van der Waals surface area contributed by atoms with Gasteiger partial charge >= 0.3 is 0 Å². The van der Waals surface area contributed by atoms with Crippen molar-refractivity contribution in [2.24, 2.45) is 0 Å². The molecule has 446 valence electrons. The number of hydrogen-bond donors (Lipinski definition) is 0. The molecule has 0 amide bonds. The Morgan fingerprint density at radius 1 is 0.167 bits per heavy atom. The van der Waals surface area contributed by atoms with E-state index in [-0.39, 0.29) is 0 Å². The van der Waals surface area contributed by atoms with E-state index in [4.69, 9.17) is 4.98 Å². The molecule has 21 aromatic rings. The first-order valence-corrected chi connectivity index (χ1v) is 32.8. The Morgan fingerprint density at radius 3 is 0.698 bits per heavy atom. The maximum atomic E-state index is 6.04. The summed E-state index contributed by atoms with van der Waals surface area (Å²) in [6.07, 6.45) is 3.74. The zero-order valence-corrected chi connectivity index (χ0v) is 51.8. The number of benzene rings is 13. The number of aromatic nitrogens is 8. The minimum atomic E-state index is 0.796. The summed E-state index contributed by atoms with van der Waals surface area (Å²) in [5, 5.41) is 14.3. The molecule has 8 aromatic heterocycles. The van der Waals surface area contributed by atoms with Crippen LogP contribution >= 0.6 is 0 Å². The van der Waals surface area contributed by atoms with Crippen molar-refractivity contribution in [2.45, 2.75) is 0 Å². The maximum absolute atomic E-state index is 6.04. The monoisotopic (exact) mass is 1220 g/mol. The third-order valence-electron chi connectivity index (χ3n) is 20.3. The van der Waals surface area contributed by atoms with E-state index >= 15 is 0 Å². The Labute approximate surface area is 549 Å². The van der Waals surface area contributed by atoms with Crippen LogP contribution in [0.5, 0.6) is 0 Å². The number of hydrogen-bond acceptors (Lipinski definition) is 2. The molecular formula is C88H54N8. The van der Waals surface area contributed by atoms with Gasteiger partial charge in [0, 0.05) is 99.8 Å². The lowest BCUT2D eigenvalue weighted by molar-refractivity contribution is 1.01. The number of rotatable bonds is 8. The molecule has 8 heteroatoms. The van der Waals surface area contributed by atoms with Crippen LogP contribution in [0.2, 0.25) is 0 Å². The number of nitrogens with zero attached hydrogens (tertiary/aromatic N) is 8. The number of pyridine rings is 2. The third kappa shape index (κ3) is 7.60. The van der Waals surface area contributed by atoms with Crippen molar-refractivity contribution in [1.82, 2.24) is 37.4 Å². The highest BCUT2D eigenvalue weighted by Gasteiger charge is 2.24. The van der Waals surface area contributed by atoms with Crippen LogP contribution in [0.3, 0.4) is 0 Å². The minimum Gasteiger partial charge on any atom is -0.309 e. The van der Waals surface area contributed by atoms with Crippen LogP contribution in [0.1, 0.15) is 0 Å². The molecule has 0 aliphatic heterocycles. The van der Waals surface area contributed by atoms with Crippen molar-refractivity contribution >= 4 is 131 Å². The highest BCUT2D eigenvalue weighted by molar-refractivity contribution is 6.17. The highest BCUT2D eigenvalue weighted by atomic mass is 15.1. The summed E-state index contributed by atoms with van der Waals surface area (Å²) in [6, 6.07) is 116. The van der Waals surface area contributed by atoms with Crippen LogP contribution in [0.25, 0.3) is 187 Å². The molecule has 0 radical (unpaired) electrons. The predicted octanol–water partition coefficient (Wildman–Crippen LogP) is 22.4. The molecule has 0 unspecified atom stereocenters. The lowest BCUT2D eigenvalue weighted by Gasteiger charge is -2.16. The molecule has 0 saturated heterocycles. The Morgan fingerprint density at radius 2 is 0.417 bits per heavy atom. The molecule has 0 atom stereocenters. The molecule has 0 N–H and O–H groups in total. The second kappa shape index (κ2) is 20.2. The molecule has 0 aliphatic rings. The zero-order chi connectivity index (χ0) is 62.7. The summed E-state index contributed by atoms with van der Waals surface area (Å²) >= 11 is 0. The fraction of sp³-hybridized carbons (Fsp3) is 0. The molecule has 96 heavy (non-hydrogen) atoms. The molecule has 0 spiro atoms. The van der Waals surface area contributed by atoms with E-state index in [0.717, 1.165) is 144 Å². The van der Waals surface area contributed by atoms with E-state index in [2.05, 4.69) is 348 Å². The largest absolute Gasteiger partial charge is 0.309 e. The first-order valence-electron chi connectivity index (χ1n) is 32.8. The van der Waals surface area contributed by atoms with Crippen LogP contribution in [0.4, 0.5) is 0 Å². The highest BCUT2D eigenvalue weighted by Crippen LogP contribution is 2.44. The van der Waals surface area contributed by atoms with Crippen molar-refractivity contribution in [3.05, 3.63) is 328 Å². The van der Waals surface area contributed by atoms with Gasteiger partial charge in [-0.25, -0.2) is 4.98 Å². The lowest BCUT2D eigenvalue weighted by atomic mass is 10.00. The first kappa shape index (κ1) is 52.6. The van der Waals surface area contributed by atoms with Crippen molar-refractivity contribution in [3.63, 3.8) is 0 Å². The molecule has 21 rings (SSSR count). The Bertz CT molecular complexity index is 5920. The SMILES string of the molecule is c1cc(-c2ccncc2)cc(-c2cc(-n3c4ccc(-n5c6ccccc6c6ccccc65)cc4c4cc(-n5c6ccccc6c6ccccc65)ccc43)nc(-n3c4ccc(-n5c6ccccc6c6ccccc65)cc4c4cc(-n5c6ccccc6c6ccccc65)ccc43)c2)c1. The van der Waals surface area contributed by atoms with Crippen LogP contribution < -0.4 is 0 Å². The molecule has 0 aliphatic carbocycles. The molecule has 8 nitrogen and oxygen atoms in total. The van der Waals surface area contributed by atoms with Gasteiger partial charge < -0.3 is 18.3 Å². The van der Waals surface area contributed by atoms with Crippen LogP contribution in [0.15, 0.2) is 328 Å². The predicted molar refractivity (Wildman–Crippen MR) is 399 cm³/mol. The summed E-state index contributed by atoms with van der Waals surface area (Å²) in [5.41, 5.74) is 22.1. The van der Waals surface area contributed by atoms with E-state index in [1.54, 1.807) is 0 Å². The van der Waals surface area contributed by atoms with E-state index in [9.17, 15) is 0 Å². The van der Waals surface area contributed by atoms with Gasteiger partial charge in [0.25, 0.3) is 0 Å². The average Bonchev–Trinajstić information content (AvgIpc) is 1.56. The van der Waals surface area contributed by atoms with Gasteiger partial charge in [0.2, 0.25) is 0 Å². The minimum absolute atomic E-state index is 0.796. The van der Waals surface area contributed by atoms with Gasteiger partial charge in [-0.2, -0.15) is 0 Å². The summed E-state index contributed by atoms with van der Waals surface area (Å²) in [6.45, 7) is 0. The zero-order valence-electron chi connectivity index (χ0n) is 51.8. The topological polar surface area (TPSA) is 55.4 Å². The molecular weight excluding hydrogens is 1170 g/mol. The van der Waals surface area contributed by atoms with Crippen molar-refractivity contribution < 1.29 is 0 Å². The van der Waals surface area contributed by atoms with E-state index in [1.165, 1.54) is 43.1 Å². The molecule has 0 saturated carbocycles. The van der Waals surface area contributed by atoms with E-state index < -0.39 is 0 Å². The summed E-state index contributed by atoms with van der Waals surface area (Å²) in [4.78, 5) is 10.4. The van der Waals surface area contributed by atoms with Gasteiger partial charge in [0.1, 0.15) is 11.6 Å². The average molecular weight is 1220 g/mol. The van der Waals surface area contributed by atoms with E-state index in [1.807, 2.05) is 12.4 Å². The van der Waals surface area contributed by atoms with Gasteiger partial charge in [-0.15, -0.1) is 0 Å². The quantitative estimate of drug-likeness (QED) is 0.152. The normalized spacial score (nSPS) is 12.2. The van der Waals surface area contributed by atoms with Gasteiger partial charge in [0.05, 0.1) is 66.2 Å². The number of fused-ring (bicyclic) bond motifs is 18. The number of para-hydroxylation sites is 8. The van der Waals surface area contributed by atoms with E-state index in [0.29, 0.717) is 0 Å². The molecule has 13 aromatic carbocycles. The first-order chi connectivity index (χ1) is 47.6. The van der Waals surface area contributed by atoms with Gasteiger partial charge in [-0.1, -0.05) is 164 Å². The third-order valence-corrected chi connectivity index (χ3v) is 20.3. The van der Waals surface area contributed by atoms with Gasteiger partial charge in [-0.05, 0) is 174 Å². The van der Waals surface area contributed by atoms with Crippen molar-refractivity contribution in [1.29, 1.82) is 0 Å². The van der Waals surface area contributed by atoms with Crippen LogP contribution in [-0.4, -0.2) is 37.4 Å². The smallest absolute Gasteiger partial charge is 0.140 e. The summed E-state index contributed by atoms with van der Waals surface area (Å²) in [5.74, 6) is 1.59. The van der Waals surface area contributed by atoms with Crippen molar-refractivity contribution in [2.75, 3.05) is 0 Å². The summed E-state index contributed by atoms with van der Waals surface area (Å²) in [7, 11) is 0. The lowest BCUT2D eigenvalue weighted by Crippen LogP contribution is -2.05. The second-order valence-corrected chi connectivity index (χ2v) is 25.3. The standard InChI is InChI=1S/C88H54N8/c1-9-28-75-63(20-1)64-21-2-10-29-76(64)91(75)59-36-40-83-71(51-59)72-52-60(92-77-30-11-3-22-65(77)66-23-4-12-31-78(66)92)37-41-84(72)95(83)87-49-58(57-19-17-18-56(48-57)55-44-46-89-47-45-55)50-88(90-87)96-85-42-38-61(93-79-32-13-5-24-67(79)68-25-6-14-33-80(68)93)53-73(85)74-54-62(39-43-86(74)96)94-81-34-15-7-26-69(81)70-27-8-16-35-82(70)94/h1-54H. The molecule has 0 fully saturated rings. The summed E-state index contributed by atoms with van der Waals surface area (Å²) < 4.78 is 14.5. The fourth-order valence-corrected chi connectivity index (χ4v) is 16.2. The van der Waals surface area contributed by atoms with Crippen LogP contribution in [-0.2, 0) is 0 Å². The fourth-order valence-electron chi connectivity index (χ4n) is 16.2. The van der Waals surface area contributed by atoms with Gasteiger partial charge in [-0.3, -0.25) is 14.1 Å². The van der Waals surface area contributed by atoms with Crippen LogP contribution in [0, 0.1) is 0 Å². The Balaban J connectivity index is 0.857. The Kier molecular flexibility index (Phi) is 11.1. The van der Waals surface area contributed by atoms with Gasteiger partial charge in [0.15, 0.2) is 0 Å². The Hall–Kier alpha value is -13.0. The maximum Gasteiger partial charge on any atom is 0.140 e. The molecule has 0 bridgehead atoms. The van der Waals surface area contributed by atoms with Crippen molar-refractivity contribution in [3.8, 4) is 56.6 Å².